The number of phenols is 1. The van der Waals surface area contributed by atoms with E-state index in [1.54, 1.807) is 18.3 Å². The first-order chi connectivity index (χ1) is 20.9. The number of aryl methyl sites for hydroxylation is 1. The minimum atomic E-state index is -0.871. The molecule has 5 aliphatic rings. The standard InChI is InChI=1S/C33H41F2N5O3/c1-21-14-23(41)15-26-25(21)9-3-2-6-13-42-24-8-4-5-11-39(19-24)31-27-17-36-29(26)28(35)30(27)37-32(38-31)43-20-33-10-7-12-40(33)18-22(34)16-33/h14-15,17,22,24,41H,2-13,16,18-20H2,1H3/t22-,24-,33+/m1/s1. The minimum absolute atomic E-state index is 0.0544. The number of rotatable bonds is 3. The number of aromatic nitrogens is 3. The number of hydrogen-bond acceptors (Lipinski definition) is 8. The first-order valence-electron chi connectivity index (χ1n) is 16.0. The van der Waals surface area contributed by atoms with Gasteiger partial charge >= 0.3 is 6.01 Å². The molecule has 2 aromatic heterocycles. The predicted molar refractivity (Wildman–Crippen MR) is 161 cm³/mol. The van der Waals surface area contributed by atoms with Crippen LogP contribution in [0, 0.1) is 12.7 Å². The fraction of sp³-hybridized carbons (Fsp3) is 0.606. The molecule has 8 nitrogen and oxygen atoms in total. The van der Waals surface area contributed by atoms with E-state index in [1.165, 1.54) is 0 Å². The second-order valence-corrected chi connectivity index (χ2v) is 12.9. The first-order valence-corrected chi connectivity index (χ1v) is 16.0. The van der Waals surface area contributed by atoms with Crippen LogP contribution in [0.4, 0.5) is 14.6 Å². The number of nitrogens with zero attached hydrogens (tertiary/aromatic N) is 5. The Morgan fingerprint density at radius 1 is 1.09 bits per heavy atom. The topological polar surface area (TPSA) is 83.8 Å². The number of benzene rings is 1. The van der Waals surface area contributed by atoms with E-state index < -0.39 is 12.0 Å². The molecule has 43 heavy (non-hydrogen) atoms. The SMILES string of the molecule is Cc1cc(O)cc2c1CCCCCO[C@@H]1CCCCN(C1)c1nc(OC[C@@]34CCCN3C[C@H](F)C4)nc3c(F)c-2ncc13. The summed E-state index contributed by atoms with van der Waals surface area (Å²) in [6.45, 7) is 5.60. The summed E-state index contributed by atoms with van der Waals surface area (Å²) in [5, 5.41) is 11.0. The molecule has 8 rings (SSSR count). The molecule has 6 bridgehead atoms. The molecule has 1 aromatic carbocycles. The third-order valence-electron chi connectivity index (χ3n) is 9.94. The second kappa shape index (κ2) is 11.8. The van der Waals surface area contributed by atoms with E-state index in [-0.39, 0.29) is 41.2 Å². The number of fused-ring (bicyclic) bond motifs is 7. The Morgan fingerprint density at radius 3 is 2.91 bits per heavy atom. The number of pyridine rings is 1. The van der Waals surface area contributed by atoms with Crippen LogP contribution in [-0.4, -0.2) is 82.2 Å². The van der Waals surface area contributed by atoms with E-state index in [0.29, 0.717) is 42.9 Å². The maximum Gasteiger partial charge on any atom is 0.319 e. The second-order valence-electron chi connectivity index (χ2n) is 12.9. The normalized spacial score (nSPS) is 26.5. The molecule has 0 aliphatic carbocycles. The van der Waals surface area contributed by atoms with Crippen molar-refractivity contribution < 1.29 is 23.4 Å². The highest BCUT2D eigenvalue weighted by Crippen LogP contribution is 2.41. The summed E-state index contributed by atoms with van der Waals surface area (Å²) >= 11 is 0. The zero-order valence-electron chi connectivity index (χ0n) is 25.0. The lowest BCUT2D eigenvalue weighted by atomic mass is 9.93. The van der Waals surface area contributed by atoms with Crippen molar-refractivity contribution in [1.82, 2.24) is 19.9 Å². The lowest BCUT2D eigenvalue weighted by Gasteiger charge is -2.31. The van der Waals surface area contributed by atoms with Gasteiger partial charge in [-0.1, -0.05) is 6.42 Å². The van der Waals surface area contributed by atoms with Crippen LogP contribution >= 0.6 is 0 Å². The van der Waals surface area contributed by atoms with Crippen molar-refractivity contribution in [1.29, 1.82) is 0 Å². The van der Waals surface area contributed by atoms with Gasteiger partial charge in [-0.25, -0.2) is 8.78 Å². The van der Waals surface area contributed by atoms with Crippen LogP contribution in [0.5, 0.6) is 11.8 Å². The van der Waals surface area contributed by atoms with Crippen LogP contribution in [0.3, 0.4) is 0 Å². The van der Waals surface area contributed by atoms with Gasteiger partial charge in [-0.05, 0) is 88.1 Å². The van der Waals surface area contributed by atoms with Gasteiger partial charge in [-0.15, -0.1) is 0 Å². The Labute approximate surface area is 251 Å². The zero-order chi connectivity index (χ0) is 29.6. The Bertz CT molecular complexity index is 1510. The van der Waals surface area contributed by atoms with E-state index >= 15 is 4.39 Å². The number of hydrogen-bond donors (Lipinski definition) is 1. The van der Waals surface area contributed by atoms with Gasteiger partial charge in [-0.2, -0.15) is 9.97 Å². The van der Waals surface area contributed by atoms with Crippen LogP contribution in [0.25, 0.3) is 22.2 Å². The summed E-state index contributed by atoms with van der Waals surface area (Å²) < 4.78 is 43.8. The molecule has 0 unspecified atom stereocenters. The van der Waals surface area contributed by atoms with Gasteiger partial charge in [0.15, 0.2) is 5.82 Å². The first kappa shape index (κ1) is 28.6. The highest BCUT2D eigenvalue weighted by atomic mass is 19.1. The Hall–Kier alpha value is -3.11. The molecule has 3 saturated heterocycles. The number of ether oxygens (including phenoxy) is 2. The average Bonchev–Trinajstić information content (AvgIpc) is 3.39. The van der Waals surface area contributed by atoms with E-state index in [2.05, 4.69) is 19.8 Å². The molecule has 0 saturated carbocycles. The summed E-state index contributed by atoms with van der Waals surface area (Å²) in [6, 6.07) is 3.42. The lowest BCUT2D eigenvalue weighted by molar-refractivity contribution is 0.0515. The van der Waals surface area contributed by atoms with Crippen molar-refractivity contribution in [2.45, 2.75) is 88.9 Å². The number of phenolic OH excluding ortho intramolecular Hbond substituents is 1. The molecular formula is C33H41F2N5O3. The predicted octanol–water partition coefficient (Wildman–Crippen LogP) is 5.90. The monoisotopic (exact) mass is 593 g/mol. The lowest BCUT2D eigenvalue weighted by Crippen LogP contribution is -2.43. The maximum absolute atomic E-state index is 16.7. The van der Waals surface area contributed by atoms with Crippen LogP contribution in [-0.2, 0) is 11.2 Å². The van der Waals surface area contributed by atoms with Crippen molar-refractivity contribution >= 4 is 16.7 Å². The van der Waals surface area contributed by atoms with Gasteiger partial charge in [0.1, 0.15) is 35.6 Å². The molecule has 3 aromatic rings. The minimum Gasteiger partial charge on any atom is -0.508 e. The van der Waals surface area contributed by atoms with E-state index in [9.17, 15) is 9.50 Å². The number of halogens is 2. The molecule has 0 amide bonds. The van der Waals surface area contributed by atoms with E-state index in [4.69, 9.17) is 14.5 Å². The Kier molecular flexibility index (Phi) is 7.84. The van der Waals surface area contributed by atoms with Gasteiger partial charge in [0.2, 0.25) is 0 Å². The van der Waals surface area contributed by atoms with Crippen molar-refractivity contribution in [3.63, 3.8) is 0 Å². The number of alkyl halides is 1. The molecule has 0 radical (unpaired) electrons. The van der Waals surface area contributed by atoms with Crippen molar-refractivity contribution in [2.24, 2.45) is 0 Å². The van der Waals surface area contributed by atoms with Crippen molar-refractivity contribution in [2.75, 3.05) is 44.3 Å². The highest BCUT2D eigenvalue weighted by Gasteiger charge is 2.49. The zero-order valence-corrected chi connectivity index (χ0v) is 25.0. The van der Waals surface area contributed by atoms with E-state index in [0.717, 1.165) is 82.0 Å². The van der Waals surface area contributed by atoms with Crippen LogP contribution in [0.15, 0.2) is 18.3 Å². The van der Waals surface area contributed by atoms with Gasteiger partial charge < -0.3 is 19.5 Å². The third-order valence-corrected chi connectivity index (χ3v) is 9.94. The van der Waals surface area contributed by atoms with Crippen molar-refractivity contribution in [3.8, 4) is 23.0 Å². The van der Waals surface area contributed by atoms with Crippen LogP contribution in [0.1, 0.15) is 68.9 Å². The smallest absolute Gasteiger partial charge is 0.319 e. The van der Waals surface area contributed by atoms with Gasteiger partial charge in [0.05, 0.1) is 17.0 Å². The molecule has 5 aliphatic heterocycles. The molecule has 10 heteroatoms. The van der Waals surface area contributed by atoms with Gasteiger partial charge in [-0.3, -0.25) is 9.88 Å². The molecule has 3 fully saturated rings. The molecule has 0 spiro atoms. The third kappa shape index (κ3) is 5.52. The fourth-order valence-electron chi connectivity index (χ4n) is 7.77. The van der Waals surface area contributed by atoms with Gasteiger partial charge in [0.25, 0.3) is 0 Å². The summed E-state index contributed by atoms with van der Waals surface area (Å²) in [5.74, 6) is 0.104. The van der Waals surface area contributed by atoms with Crippen LogP contribution in [0.2, 0.25) is 0 Å². The Balaban J connectivity index is 1.36. The summed E-state index contributed by atoms with van der Waals surface area (Å²) in [4.78, 5) is 18.5. The van der Waals surface area contributed by atoms with Crippen molar-refractivity contribution in [3.05, 3.63) is 35.3 Å². The summed E-state index contributed by atoms with van der Waals surface area (Å²) in [6.07, 6.45) is 9.75. The molecule has 3 atom stereocenters. The Morgan fingerprint density at radius 2 is 2.00 bits per heavy atom. The summed E-state index contributed by atoms with van der Waals surface area (Å²) in [7, 11) is 0. The molecule has 1 N–H and O–H groups in total. The largest absolute Gasteiger partial charge is 0.508 e. The number of anilines is 1. The highest BCUT2D eigenvalue weighted by molar-refractivity contribution is 5.92. The maximum atomic E-state index is 16.7. The molecule has 230 valence electrons. The fourth-order valence-corrected chi connectivity index (χ4v) is 7.77. The quantitative estimate of drug-likeness (QED) is 0.402. The average molecular weight is 594 g/mol. The summed E-state index contributed by atoms with van der Waals surface area (Å²) in [5.41, 5.74) is 2.39. The number of aromatic hydroxyl groups is 1. The van der Waals surface area contributed by atoms with E-state index in [1.807, 2.05) is 6.92 Å². The van der Waals surface area contributed by atoms with Crippen LogP contribution < -0.4 is 9.64 Å². The molecule has 7 heterocycles. The van der Waals surface area contributed by atoms with Gasteiger partial charge in [0, 0.05) is 44.4 Å². The molecular weight excluding hydrogens is 552 g/mol.